The van der Waals surface area contributed by atoms with Gasteiger partial charge in [-0.1, -0.05) is 12.8 Å². The van der Waals surface area contributed by atoms with E-state index in [4.69, 9.17) is 11.1 Å². The third-order valence-corrected chi connectivity index (χ3v) is 1.52. The summed E-state index contributed by atoms with van der Waals surface area (Å²) >= 11 is 0. The molecule has 0 bridgehead atoms. The maximum absolute atomic E-state index is 7.08. The van der Waals surface area contributed by atoms with Crippen LogP contribution in [0.3, 0.4) is 0 Å². The maximum Gasteiger partial charge on any atom is 0.0899 e. The zero-order valence-electron chi connectivity index (χ0n) is 7.32. The van der Waals surface area contributed by atoms with Gasteiger partial charge in [-0.25, -0.2) is 0 Å². The lowest BCUT2D eigenvalue weighted by atomic mass is 10.2. The molecule has 3 heteroatoms. The van der Waals surface area contributed by atoms with Crippen molar-refractivity contribution in [1.82, 2.24) is 5.32 Å². The summed E-state index contributed by atoms with van der Waals surface area (Å²) in [6, 6.07) is 0. The van der Waals surface area contributed by atoms with Gasteiger partial charge in [-0.3, -0.25) is 5.41 Å². The van der Waals surface area contributed by atoms with Gasteiger partial charge >= 0.3 is 0 Å². The smallest absolute Gasteiger partial charge is 0.0899 e. The minimum atomic E-state index is 0.559. The summed E-state index contributed by atoms with van der Waals surface area (Å²) in [4.78, 5) is 0. The Labute approximate surface area is 68.9 Å². The molecule has 3 nitrogen and oxygen atoms in total. The number of hydrogen-bond donors (Lipinski definition) is 3. The number of nitrogens with one attached hydrogen (secondary N) is 2. The van der Waals surface area contributed by atoms with E-state index in [-0.39, 0.29) is 0 Å². The zero-order chi connectivity index (χ0) is 8.53. The summed E-state index contributed by atoms with van der Waals surface area (Å²) in [6.45, 7) is 3.50. The number of rotatable bonds is 6. The van der Waals surface area contributed by atoms with Gasteiger partial charge in [0, 0.05) is 6.54 Å². The summed E-state index contributed by atoms with van der Waals surface area (Å²) in [5.41, 5.74) is 5.34. The fraction of sp³-hybridized carbons (Fsp3) is 0.875. The van der Waals surface area contributed by atoms with E-state index in [1.807, 2.05) is 0 Å². The van der Waals surface area contributed by atoms with E-state index in [2.05, 4.69) is 5.32 Å². The zero-order valence-corrected chi connectivity index (χ0v) is 7.32. The molecule has 0 saturated heterocycles. The van der Waals surface area contributed by atoms with Crippen LogP contribution in [0.4, 0.5) is 0 Å². The average molecular weight is 157 g/mol. The molecule has 0 amide bonds. The predicted octanol–water partition coefficient (Wildman–Crippen LogP) is 1.09. The van der Waals surface area contributed by atoms with Gasteiger partial charge in [0.15, 0.2) is 0 Å². The second kappa shape index (κ2) is 7.54. The highest BCUT2D eigenvalue weighted by molar-refractivity contribution is 5.75. The van der Waals surface area contributed by atoms with Crippen LogP contribution in [-0.2, 0) is 0 Å². The first-order valence-corrected chi connectivity index (χ1v) is 4.26. The molecule has 0 aromatic carbocycles. The van der Waals surface area contributed by atoms with Gasteiger partial charge in [-0.2, -0.15) is 0 Å². The van der Waals surface area contributed by atoms with Crippen molar-refractivity contribution in [2.45, 2.75) is 32.6 Å². The molecule has 0 aliphatic carbocycles. The summed E-state index contributed by atoms with van der Waals surface area (Å²) in [7, 11) is 0. The number of unbranched alkanes of at least 4 members (excludes halogenated alkanes) is 3. The lowest BCUT2D eigenvalue weighted by molar-refractivity contribution is 0.636. The molecule has 0 spiro atoms. The Morgan fingerprint density at radius 2 is 1.91 bits per heavy atom. The molecule has 0 heterocycles. The Hall–Kier alpha value is -0.570. The summed E-state index contributed by atoms with van der Waals surface area (Å²) in [6.07, 6.45) is 4.71. The largest absolute Gasteiger partial charge is 0.374 e. The van der Waals surface area contributed by atoms with Gasteiger partial charge in [0.1, 0.15) is 0 Å². The van der Waals surface area contributed by atoms with Gasteiger partial charge in [0.05, 0.1) is 5.84 Å². The van der Waals surface area contributed by atoms with Crippen LogP contribution in [0.25, 0.3) is 0 Å². The summed E-state index contributed by atoms with van der Waals surface area (Å²) in [5.74, 6) is 0.559. The maximum atomic E-state index is 7.08. The van der Waals surface area contributed by atoms with Crippen molar-refractivity contribution in [3.8, 4) is 0 Å². The Morgan fingerprint density at radius 1 is 1.27 bits per heavy atom. The number of hydrogen-bond acceptors (Lipinski definition) is 2. The predicted molar refractivity (Wildman–Crippen MR) is 48.9 cm³/mol. The van der Waals surface area contributed by atoms with Crippen molar-refractivity contribution < 1.29 is 0 Å². The quantitative estimate of drug-likeness (QED) is 0.307. The van der Waals surface area contributed by atoms with Crippen molar-refractivity contribution in [3.05, 3.63) is 0 Å². The van der Waals surface area contributed by atoms with E-state index < -0.39 is 0 Å². The van der Waals surface area contributed by atoms with Gasteiger partial charge in [0.25, 0.3) is 0 Å². The monoisotopic (exact) mass is 157 g/mol. The van der Waals surface area contributed by atoms with Crippen molar-refractivity contribution in [3.63, 3.8) is 0 Å². The van der Waals surface area contributed by atoms with Crippen LogP contribution < -0.4 is 11.1 Å². The van der Waals surface area contributed by atoms with Crippen LogP contribution in [0.15, 0.2) is 0 Å². The molecule has 66 valence electrons. The second-order valence-corrected chi connectivity index (χ2v) is 2.75. The van der Waals surface area contributed by atoms with E-state index >= 15 is 0 Å². The molecular weight excluding hydrogens is 138 g/mol. The molecule has 4 N–H and O–H groups in total. The first kappa shape index (κ1) is 10.4. The van der Waals surface area contributed by atoms with Crippen molar-refractivity contribution >= 4 is 5.84 Å². The van der Waals surface area contributed by atoms with Gasteiger partial charge < -0.3 is 11.1 Å². The molecule has 0 saturated carbocycles. The molecule has 0 rings (SSSR count). The number of nitrogens with two attached hydrogens (primary N) is 1. The van der Waals surface area contributed by atoms with Crippen LogP contribution in [0.2, 0.25) is 0 Å². The normalized spacial score (nSPS) is 9.64. The van der Waals surface area contributed by atoms with Gasteiger partial charge in [-0.05, 0) is 26.3 Å². The first-order chi connectivity index (χ1) is 5.27. The van der Waals surface area contributed by atoms with Crippen LogP contribution in [0.1, 0.15) is 32.6 Å². The first-order valence-electron chi connectivity index (χ1n) is 4.26. The Balaban J connectivity index is 2.85. The third-order valence-electron chi connectivity index (χ3n) is 1.52. The standard InChI is InChI=1S/C8H19N3/c1-8(10)11-7-5-3-2-4-6-9/h2-7,9H2,1H3,(H2,10,11). The van der Waals surface area contributed by atoms with E-state index in [9.17, 15) is 0 Å². The van der Waals surface area contributed by atoms with Crippen molar-refractivity contribution in [2.24, 2.45) is 5.73 Å². The summed E-state index contributed by atoms with van der Waals surface area (Å²) in [5, 5.41) is 10.1. The van der Waals surface area contributed by atoms with Crippen molar-refractivity contribution in [1.29, 1.82) is 5.41 Å². The molecule has 0 aromatic heterocycles. The average Bonchev–Trinajstić information content (AvgIpc) is 1.96. The Kier molecular flexibility index (Phi) is 7.15. The van der Waals surface area contributed by atoms with E-state index in [0.29, 0.717) is 5.84 Å². The fourth-order valence-corrected chi connectivity index (χ4v) is 0.899. The topological polar surface area (TPSA) is 61.9 Å². The fourth-order valence-electron chi connectivity index (χ4n) is 0.899. The number of amidine groups is 1. The lowest BCUT2D eigenvalue weighted by Gasteiger charge is -2.02. The van der Waals surface area contributed by atoms with Crippen LogP contribution in [-0.4, -0.2) is 18.9 Å². The van der Waals surface area contributed by atoms with Gasteiger partial charge in [0.2, 0.25) is 0 Å². The lowest BCUT2D eigenvalue weighted by Crippen LogP contribution is -2.20. The Bertz CT molecular complexity index is 102. The van der Waals surface area contributed by atoms with Crippen LogP contribution >= 0.6 is 0 Å². The highest BCUT2D eigenvalue weighted by Crippen LogP contribution is 1.96. The minimum absolute atomic E-state index is 0.559. The highest BCUT2D eigenvalue weighted by Gasteiger charge is 1.88. The second-order valence-electron chi connectivity index (χ2n) is 2.75. The molecular formula is C8H19N3. The molecule has 0 aromatic rings. The van der Waals surface area contributed by atoms with Crippen LogP contribution in [0.5, 0.6) is 0 Å². The van der Waals surface area contributed by atoms with E-state index in [1.165, 1.54) is 12.8 Å². The van der Waals surface area contributed by atoms with Crippen molar-refractivity contribution in [2.75, 3.05) is 13.1 Å². The van der Waals surface area contributed by atoms with Crippen LogP contribution in [0, 0.1) is 5.41 Å². The molecule has 11 heavy (non-hydrogen) atoms. The minimum Gasteiger partial charge on any atom is -0.374 e. The molecule has 0 fully saturated rings. The molecule has 0 radical (unpaired) electrons. The SMILES string of the molecule is CC(=N)NCCCCCCN. The third kappa shape index (κ3) is 9.43. The highest BCUT2D eigenvalue weighted by atomic mass is 14.9. The molecule has 0 unspecified atom stereocenters. The molecule has 0 aliphatic rings. The van der Waals surface area contributed by atoms with E-state index in [0.717, 1.165) is 25.9 Å². The van der Waals surface area contributed by atoms with Gasteiger partial charge in [-0.15, -0.1) is 0 Å². The molecule has 0 aliphatic heterocycles. The summed E-state index contributed by atoms with van der Waals surface area (Å²) < 4.78 is 0. The molecule has 0 atom stereocenters. The Morgan fingerprint density at radius 3 is 2.45 bits per heavy atom. The van der Waals surface area contributed by atoms with E-state index in [1.54, 1.807) is 6.92 Å².